The monoisotopic (exact) mass is 506 g/mol. The van der Waals surface area contributed by atoms with Crippen LogP contribution >= 0.6 is 0 Å². The highest BCUT2D eigenvalue weighted by atomic mass is 16.5. The molecule has 3 aromatic rings. The Morgan fingerprint density at radius 3 is 2.03 bits per heavy atom. The highest BCUT2D eigenvalue weighted by Gasteiger charge is 2.21. The number of carbonyl (C=O) groups is 3. The van der Waals surface area contributed by atoms with Gasteiger partial charge in [0.2, 0.25) is 0 Å². The minimum Gasteiger partial charge on any atom is -0.465 e. The zero-order valence-electron chi connectivity index (χ0n) is 21.4. The topological polar surface area (TPSA) is 78.9 Å². The SMILES string of the molecule is C#CCC(OC(C)=O)c1ccc(C(=O)OC)cc1C#Cc1c(C(CC#C)OC(C)=O)ccc2ccccc12. The van der Waals surface area contributed by atoms with Crippen LogP contribution in [0.15, 0.2) is 54.6 Å². The van der Waals surface area contributed by atoms with Crippen LogP contribution in [0.1, 0.15) is 71.5 Å². The second-order valence-electron chi connectivity index (χ2n) is 8.31. The van der Waals surface area contributed by atoms with Gasteiger partial charge >= 0.3 is 17.9 Å². The molecule has 0 radical (unpaired) electrons. The first-order valence-electron chi connectivity index (χ1n) is 11.8. The first kappa shape index (κ1) is 27.6. The smallest absolute Gasteiger partial charge is 0.337 e. The highest BCUT2D eigenvalue weighted by Crippen LogP contribution is 2.31. The number of hydrogen-bond donors (Lipinski definition) is 0. The molecule has 2 atom stereocenters. The lowest BCUT2D eigenvalue weighted by molar-refractivity contribution is -0.147. The number of rotatable bonds is 7. The van der Waals surface area contributed by atoms with E-state index in [0.717, 1.165) is 10.8 Å². The number of fused-ring (bicyclic) bond motifs is 1. The molecule has 38 heavy (non-hydrogen) atoms. The first-order valence-corrected chi connectivity index (χ1v) is 11.8. The van der Waals surface area contributed by atoms with Crippen molar-refractivity contribution >= 4 is 28.7 Å². The number of hydrogen-bond acceptors (Lipinski definition) is 6. The fraction of sp³-hybridized carbons (Fsp3) is 0.219. The van der Waals surface area contributed by atoms with Crippen molar-refractivity contribution < 1.29 is 28.6 Å². The fourth-order valence-corrected chi connectivity index (χ4v) is 4.06. The summed E-state index contributed by atoms with van der Waals surface area (Å²) in [6, 6.07) is 16.2. The second-order valence-corrected chi connectivity index (χ2v) is 8.31. The van der Waals surface area contributed by atoms with Gasteiger partial charge in [-0.3, -0.25) is 9.59 Å². The predicted octanol–water partition coefficient (Wildman–Crippen LogP) is 5.28. The standard InChI is InChI=1S/C32H26O6/c1-6-10-30(37-21(3)33)27-17-16-25(32(35)36-5)20-24(27)15-18-28-26-13-9-8-12-23(26)14-19-29(28)31(11-7-2)38-22(4)34/h1-2,8-9,12-14,16-17,19-20,30-31H,10-11H2,3-5H3. The third kappa shape index (κ3) is 6.61. The molecule has 0 spiro atoms. The molecule has 0 fully saturated rings. The number of terminal acetylenes is 2. The van der Waals surface area contributed by atoms with E-state index in [2.05, 4.69) is 23.7 Å². The van der Waals surface area contributed by atoms with Crippen molar-refractivity contribution in [3.05, 3.63) is 82.4 Å². The Balaban J connectivity index is 2.29. The molecule has 0 aliphatic rings. The van der Waals surface area contributed by atoms with Crippen LogP contribution in [0.3, 0.4) is 0 Å². The number of benzene rings is 3. The Labute approximate surface area is 222 Å². The molecule has 0 N–H and O–H groups in total. The molecule has 3 rings (SSSR count). The van der Waals surface area contributed by atoms with Crippen LogP contribution in [0, 0.1) is 36.5 Å². The van der Waals surface area contributed by atoms with E-state index in [1.807, 2.05) is 36.4 Å². The third-order valence-corrected chi connectivity index (χ3v) is 5.67. The number of esters is 3. The van der Waals surface area contributed by atoms with E-state index in [1.165, 1.54) is 21.0 Å². The summed E-state index contributed by atoms with van der Waals surface area (Å²) in [5.74, 6) is 9.90. The summed E-state index contributed by atoms with van der Waals surface area (Å²) in [5.41, 5.74) is 2.50. The quantitative estimate of drug-likeness (QED) is 0.246. The van der Waals surface area contributed by atoms with Gasteiger partial charge < -0.3 is 14.2 Å². The number of methoxy groups -OCH3 is 1. The minimum absolute atomic E-state index is 0.113. The van der Waals surface area contributed by atoms with Crippen molar-refractivity contribution in [3.63, 3.8) is 0 Å². The van der Waals surface area contributed by atoms with Crippen LogP contribution in [0.4, 0.5) is 0 Å². The van der Waals surface area contributed by atoms with E-state index in [0.29, 0.717) is 22.3 Å². The molecule has 6 nitrogen and oxygen atoms in total. The van der Waals surface area contributed by atoms with Gasteiger partial charge in [-0.05, 0) is 22.9 Å². The van der Waals surface area contributed by atoms with Crippen molar-refractivity contribution in [2.45, 2.75) is 38.9 Å². The summed E-state index contributed by atoms with van der Waals surface area (Å²) >= 11 is 0. The summed E-state index contributed by atoms with van der Waals surface area (Å²) in [5, 5.41) is 1.76. The van der Waals surface area contributed by atoms with E-state index in [1.54, 1.807) is 18.2 Å². The molecule has 2 unspecified atom stereocenters. The molecular weight excluding hydrogens is 480 g/mol. The maximum atomic E-state index is 12.3. The maximum Gasteiger partial charge on any atom is 0.337 e. The van der Waals surface area contributed by atoms with Crippen LogP contribution < -0.4 is 0 Å². The molecule has 0 aliphatic carbocycles. The summed E-state index contributed by atoms with van der Waals surface area (Å²) < 4.78 is 15.9. The second kappa shape index (κ2) is 12.8. The van der Waals surface area contributed by atoms with Crippen molar-refractivity contribution in [1.82, 2.24) is 0 Å². The number of carbonyl (C=O) groups excluding carboxylic acids is 3. The first-order chi connectivity index (χ1) is 18.3. The molecule has 6 heteroatoms. The Morgan fingerprint density at radius 1 is 0.816 bits per heavy atom. The van der Waals surface area contributed by atoms with Crippen LogP contribution in [-0.4, -0.2) is 25.0 Å². The predicted molar refractivity (Wildman–Crippen MR) is 144 cm³/mol. The molecule has 0 amide bonds. The van der Waals surface area contributed by atoms with Gasteiger partial charge in [0.1, 0.15) is 12.2 Å². The Hall–Kier alpha value is -4.99. The lowest BCUT2D eigenvalue weighted by atomic mass is 9.93. The van der Waals surface area contributed by atoms with Crippen molar-refractivity contribution in [2.24, 2.45) is 0 Å². The van der Waals surface area contributed by atoms with Gasteiger partial charge in [0, 0.05) is 36.1 Å². The van der Waals surface area contributed by atoms with Crippen molar-refractivity contribution in [3.8, 4) is 36.5 Å². The average molecular weight is 507 g/mol. The van der Waals surface area contributed by atoms with Gasteiger partial charge in [0.05, 0.1) is 25.5 Å². The molecular formula is C32H26O6. The maximum absolute atomic E-state index is 12.3. The van der Waals surface area contributed by atoms with Crippen LogP contribution in [-0.2, 0) is 23.8 Å². The van der Waals surface area contributed by atoms with Crippen molar-refractivity contribution in [2.75, 3.05) is 7.11 Å². The molecule has 0 saturated carbocycles. The van der Waals surface area contributed by atoms with Gasteiger partial charge in [-0.25, -0.2) is 4.79 Å². The molecule has 3 aromatic carbocycles. The Bertz CT molecular complexity index is 1520. The van der Waals surface area contributed by atoms with Gasteiger partial charge in [-0.15, -0.1) is 24.7 Å². The van der Waals surface area contributed by atoms with Gasteiger partial charge in [0.25, 0.3) is 0 Å². The normalized spacial score (nSPS) is 11.6. The summed E-state index contributed by atoms with van der Waals surface area (Å²) in [7, 11) is 1.28. The Kier molecular flexibility index (Phi) is 9.31. The summed E-state index contributed by atoms with van der Waals surface area (Å²) in [6.45, 7) is 2.61. The fourth-order valence-electron chi connectivity index (χ4n) is 4.06. The third-order valence-electron chi connectivity index (χ3n) is 5.67. The molecule has 0 aliphatic heterocycles. The molecule has 0 saturated heterocycles. The van der Waals surface area contributed by atoms with Gasteiger partial charge in [-0.2, -0.15) is 0 Å². The summed E-state index contributed by atoms with van der Waals surface area (Å²) in [4.78, 5) is 35.9. The molecule has 0 aromatic heterocycles. The van der Waals surface area contributed by atoms with Gasteiger partial charge in [-0.1, -0.05) is 54.3 Å². The van der Waals surface area contributed by atoms with E-state index in [4.69, 9.17) is 27.1 Å². The Morgan fingerprint density at radius 2 is 1.42 bits per heavy atom. The van der Waals surface area contributed by atoms with E-state index in [9.17, 15) is 14.4 Å². The van der Waals surface area contributed by atoms with Gasteiger partial charge in [0.15, 0.2) is 0 Å². The zero-order valence-corrected chi connectivity index (χ0v) is 21.4. The lowest BCUT2D eigenvalue weighted by Gasteiger charge is -2.18. The lowest BCUT2D eigenvalue weighted by Crippen LogP contribution is -2.11. The molecule has 0 heterocycles. The van der Waals surface area contributed by atoms with Crippen LogP contribution in [0.2, 0.25) is 0 Å². The number of ether oxygens (including phenoxy) is 3. The largest absolute Gasteiger partial charge is 0.465 e. The molecule has 190 valence electrons. The van der Waals surface area contributed by atoms with E-state index in [-0.39, 0.29) is 18.4 Å². The molecule has 0 bridgehead atoms. The summed E-state index contributed by atoms with van der Waals surface area (Å²) in [6.07, 6.45) is 9.90. The highest BCUT2D eigenvalue weighted by molar-refractivity contribution is 5.91. The van der Waals surface area contributed by atoms with Crippen LogP contribution in [0.5, 0.6) is 0 Å². The average Bonchev–Trinajstić information content (AvgIpc) is 2.90. The van der Waals surface area contributed by atoms with E-state index >= 15 is 0 Å². The van der Waals surface area contributed by atoms with Crippen LogP contribution in [0.25, 0.3) is 10.8 Å². The zero-order chi connectivity index (χ0) is 27.7. The van der Waals surface area contributed by atoms with E-state index < -0.39 is 30.1 Å². The van der Waals surface area contributed by atoms with Crippen molar-refractivity contribution in [1.29, 1.82) is 0 Å². The minimum atomic E-state index is -0.768.